The van der Waals surface area contributed by atoms with Gasteiger partial charge in [-0.05, 0) is 19.3 Å². The molecule has 0 unspecified atom stereocenters. The lowest BCUT2D eigenvalue weighted by Crippen LogP contribution is -2.41. The van der Waals surface area contributed by atoms with Gasteiger partial charge >= 0.3 is 0 Å². The first-order valence-electron chi connectivity index (χ1n) is 7.27. The van der Waals surface area contributed by atoms with E-state index in [-0.39, 0.29) is 12.5 Å². The number of primary amides is 1. The lowest BCUT2D eigenvalue weighted by atomic mass is 10.1. The van der Waals surface area contributed by atoms with Crippen molar-refractivity contribution in [1.82, 2.24) is 9.97 Å². The molecule has 2 rings (SSSR count). The molecule has 1 amide bonds. The van der Waals surface area contributed by atoms with Crippen LogP contribution in [0.3, 0.4) is 0 Å². The van der Waals surface area contributed by atoms with Crippen molar-refractivity contribution in [1.29, 1.82) is 0 Å². The Labute approximate surface area is 119 Å². The number of nitrogens with zero attached hydrogens (tertiary/aromatic N) is 3. The molecule has 0 saturated heterocycles. The van der Waals surface area contributed by atoms with E-state index in [4.69, 9.17) is 11.5 Å². The van der Waals surface area contributed by atoms with E-state index in [2.05, 4.69) is 16.9 Å². The Morgan fingerprint density at radius 3 is 2.70 bits per heavy atom. The first kappa shape index (κ1) is 14.6. The zero-order valence-electron chi connectivity index (χ0n) is 12.0. The van der Waals surface area contributed by atoms with Gasteiger partial charge < -0.3 is 16.4 Å². The molecule has 6 nitrogen and oxygen atoms in total. The van der Waals surface area contributed by atoms with Gasteiger partial charge in [-0.2, -0.15) is 0 Å². The first-order valence-corrected chi connectivity index (χ1v) is 7.27. The third-order valence-electron chi connectivity index (χ3n) is 3.82. The van der Waals surface area contributed by atoms with Crippen LogP contribution >= 0.6 is 0 Å². The fraction of sp³-hybridized carbons (Fsp3) is 0.643. The van der Waals surface area contributed by atoms with Crippen molar-refractivity contribution in [3.63, 3.8) is 0 Å². The fourth-order valence-electron chi connectivity index (χ4n) is 2.91. The molecular formula is C14H23N5O. The van der Waals surface area contributed by atoms with Crippen LogP contribution in [-0.4, -0.2) is 28.5 Å². The quantitative estimate of drug-likeness (QED) is 0.815. The highest BCUT2D eigenvalue weighted by atomic mass is 16.1. The maximum atomic E-state index is 11.4. The van der Waals surface area contributed by atoms with Gasteiger partial charge in [0.2, 0.25) is 5.91 Å². The maximum Gasteiger partial charge on any atom is 0.237 e. The van der Waals surface area contributed by atoms with Gasteiger partial charge in [0.05, 0.1) is 6.54 Å². The standard InChI is InChI=1S/C14H23N5O/c1-2-5-11-13(16)17-9-18-14(11)19(8-12(15)20)10-6-3-4-7-10/h9-10H,2-8H2,1H3,(H2,15,20)(H2,16,17,18). The first-order chi connectivity index (χ1) is 9.63. The van der Waals surface area contributed by atoms with Gasteiger partial charge in [0.25, 0.3) is 0 Å². The van der Waals surface area contributed by atoms with Gasteiger partial charge in [-0.3, -0.25) is 4.79 Å². The third kappa shape index (κ3) is 3.18. The number of nitrogens with two attached hydrogens (primary N) is 2. The van der Waals surface area contributed by atoms with E-state index in [1.165, 1.54) is 19.2 Å². The largest absolute Gasteiger partial charge is 0.383 e. The van der Waals surface area contributed by atoms with Crippen LogP contribution < -0.4 is 16.4 Å². The molecule has 4 N–H and O–H groups in total. The molecule has 20 heavy (non-hydrogen) atoms. The third-order valence-corrected chi connectivity index (χ3v) is 3.82. The highest BCUT2D eigenvalue weighted by Crippen LogP contribution is 2.30. The SMILES string of the molecule is CCCc1c(N)ncnc1N(CC(N)=O)C1CCCC1. The van der Waals surface area contributed by atoms with E-state index in [9.17, 15) is 4.79 Å². The van der Waals surface area contributed by atoms with Crippen LogP contribution in [0.5, 0.6) is 0 Å². The Morgan fingerprint density at radius 1 is 1.40 bits per heavy atom. The Bertz CT molecular complexity index is 471. The summed E-state index contributed by atoms with van der Waals surface area (Å²) in [6, 6.07) is 0.326. The van der Waals surface area contributed by atoms with Crippen molar-refractivity contribution in [2.24, 2.45) is 5.73 Å². The molecule has 1 aliphatic carbocycles. The highest BCUT2D eigenvalue weighted by Gasteiger charge is 2.27. The van der Waals surface area contributed by atoms with Crippen LogP contribution in [0.4, 0.5) is 11.6 Å². The van der Waals surface area contributed by atoms with Crippen LogP contribution in [0.2, 0.25) is 0 Å². The normalized spacial score (nSPS) is 15.4. The summed E-state index contributed by atoms with van der Waals surface area (Å²) in [6.07, 6.45) is 7.75. The Kier molecular flexibility index (Phi) is 4.76. The molecule has 110 valence electrons. The van der Waals surface area contributed by atoms with Gasteiger partial charge in [0, 0.05) is 11.6 Å². The van der Waals surface area contributed by atoms with E-state index < -0.39 is 0 Å². The number of rotatable bonds is 6. The fourth-order valence-corrected chi connectivity index (χ4v) is 2.91. The van der Waals surface area contributed by atoms with Gasteiger partial charge in [-0.15, -0.1) is 0 Å². The number of carbonyl (C=O) groups is 1. The summed E-state index contributed by atoms with van der Waals surface area (Å²) in [5.74, 6) is 0.950. The second-order valence-corrected chi connectivity index (χ2v) is 5.34. The molecule has 0 aromatic carbocycles. The van der Waals surface area contributed by atoms with Gasteiger partial charge in [0.15, 0.2) is 0 Å². The molecule has 0 spiro atoms. The number of carbonyl (C=O) groups excluding carboxylic acids is 1. The molecule has 1 aromatic heterocycles. The summed E-state index contributed by atoms with van der Waals surface area (Å²) in [6.45, 7) is 2.28. The summed E-state index contributed by atoms with van der Waals surface area (Å²) in [7, 11) is 0. The molecule has 0 aliphatic heterocycles. The molecule has 1 fully saturated rings. The van der Waals surface area contributed by atoms with E-state index in [1.54, 1.807) is 0 Å². The summed E-state index contributed by atoms with van der Waals surface area (Å²) < 4.78 is 0. The van der Waals surface area contributed by atoms with E-state index >= 15 is 0 Å². The Balaban J connectivity index is 2.36. The van der Waals surface area contributed by atoms with Crippen LogP contribution in [-0.2, 0) is 11.2 Å². The average Bonchev–Trinajstić information content (AvgIpc) is 2.92. The summed E-state index contributed by atoms with van der Waals surface area (Å²) in [5, 5.41) is 0. The molecule has 1 saturated carbocycles. The maximum absolute atomic E-state index is 11.4. The Morgan fingerprint density at radius 2 is 2.10 bits per heavy atom. The molecule has 1 aliphatic rings. The molecule has 1 heterocycles. The number of hydrogen-bond acceptors (Lipinski definition) is 5. The van der Waals surface area contributed by atoms with Crippen molar-refractivity contribution in [2.45, 2.75) is 51.5 Å². The molecular weight excluding hydrogens is 254 g/mol. The molecule has 0 radical (unpaired) electrons. The van der Waals surface area contributed by atoms with Crippen LogP contribution in [0.15, 0.2) is 6.33 Å². The number of anilines is 2. The second-order valence-electron chi connectivity index (χ2n) is 5.34. The zero-order chi connectivity index (χ0) is 14.5. The monoisotopic (exact) mass is 277 g/mol. The minimum atomic E-state index is -0.337. The minimum Gasteiger partial charge on any atom is -0.383 e. The molecule has 0 bridgehead atoms. The van der Waals surface area contributed by atoms with Gasteiger partial charge in [0.1, 0.15) is 18.0 Å². The van der Waals surface area contributed by atoms with E-state index in [1.807, 2.05) is 4.90 Å². The minimum absolute atomic E-state index is 0.192. The van der Waals surface area contributed by atoms with Crippen molar-refractivity contribution in [3.05, 3.63) is 11.9 Å². The lowest BCUT2D eigenvalue weighted by Gasteiger charge is -2.30. The molecule has 6 heteroatoms. The van der Waals surface area contributed by atoms with Crippen molar-refractivity contribution < 1.29 is 4.79 Å². The molecule has 0 atom stereocenters. The van der Waals surface area contributed by atoms with E-state index in [0.717, 1.165) is 37.1 Å². The predicted octanol–water partition coefficient (Wildman–Crippen LogP) is 1.25. The lowest BCUT2D eigenvalue weighted by molar-refractivity contribution is -0.116. The Hall–Kier alpha value is -1.85. The van der Waals surface area contributed by atoms with Crippen LogP contribution in [0.25, 0.3) is 0 Å². The summed E-state index contributed by atoms with van der Waals surface area (Å²) >= 11 is 0. The van der Waals surface area contributed by atoms with Crippen LogP contribution in [0.1, 0.15) is 44.6 Å². The number of aromatic nitrogens is 2. The summed E-state index contributed by atoms with van der Waals surface area (Å²) in [4.78, 5) is 21.9. The highest BCUT2D eigenvalue weighted by molar-refractivity contribution is 5.80. The summed E-state index contributed by atoms with van der Waals surface area (Å²) in [5.41, 5.74) is 12.3. The zero-order valence-corrected chi connectivity index (χ0v) is 12.0. The predicted molar refractivity (Wildman–Crippen MR) is 79.2 cm³/mol. The van der Waals surface area contributed by atoms with Crippen molar-refractivity contribution in [2.75, 3.05) is 17.2 Å². The van der Waals surface area contributed by atoms with Gasteiger partial charge in [-0.1, -0.05) is 26.2 Å². The van der Waals surface area contributed by atoms with E-state index in [0.29, 0.717) is 11.9 Å². The topological polar surface area (TPSA) is 98.1 Å². The average molecular weight is 277 g/mol. The molecule has 1 aromatic rings. The van der Waals surface area contributed by atoms with Crippen molar-refractivity contribution >= 4 is 17.5 Å². The van der Waals surface area contributed by atoms with Crippen molar-refractivity contribution in [3.8, 4) is 0 Å². The number of nitrogen functional groups attached to an aromatic ring is 1. The van der Waals surface area contributed by atoms with Gasteiger partial charge in [-0.25, -0.2) is 9.97 Å². The second kappa shape index (κ2) is 6.54. The number of amides is 1. The van der Waals surface area contributed by atoms with Crippen LogP contribution in [0, 0.1) is 0 Å². The smallest absolute Gasteiger partial charge is 0.237 e. The number of hydrogen-bond donors (Lipinski definition) is 2.